The molecule has 0 heterocycles. The fourth-order valence-electron chi connectivity index (χ4n) is 2.33. The molecule has 0 radical (unpaired) electrons. The van der Waals surface area contributed by atoms with Crippen molar-refractivity contribution in [2.75, 3.05) is 5.32 Å². The molecule has 1 unspecified atom stereocenters. The summed E-state index contributed by atoms with van der Waals surface area (Å²) < 4.78 is 5.14. The summed E-state index contributed by atoms with van der Waals surface area (Å²) in [4.78, 5) is 37.0. The molecule has 2 aromatic rings. The fourth-order valence-corrected chi connectivity index (χ4v) is 2.33. The van der Waals surface area contributed by atoms with E-state index in [2.05, 4.69) is 10.6 Å². The summed E-state index contributed by atoms with van der Waals surface area (Å²) in [6, 6.07) is 14.7. The molecular weight excluding hydrogens is 344 g/mol. The van der Waals surface area contributed by atoms with Crippen LogP contribution >= 0.6 is 0 Å². The van der Waals surface area contributed by atoms with E-state index in [0.29, 0.717) is 16.8 Å². The number of ketones is 1. The highest BCUT2D eigenvalue weighted by molar-refractivity contribution is 6.14. The van der Waals surface area contributed by atoms with Crippen LogP contribution in [0.3, 0.4) is 0 Å². The fraction of sp³-hybridized carbons (Fsp3) is 0.286. The van der Waals surface area contributed by atoms with Crippen molar-refractivity contribution in [3.63, 3.8) is 0 Å². The van der Waals surface area contributed by atoms with Crippen molar-refractivity contribution >= 4 is 23.5 Å². The zero-order valence-electron chi connectivity index (χ0n) is 15.9. The van der Waals surface area contributed by atoms with Crippen LogP contribution in [0.15, 0.2) is 54.6 Å². The van der Waals surface area contributed by atoms with E-state index >= 15 is 0 Å². The smallest absolute Gasteiger partial charge is 0.408 e. The van der Waals surface area contributed by atoms with Gasteiger partial charge in [-0.25, -0.2) is 4.79 Å². The second kappa shape index (κ2) is 8.49. The molecule has 0 aliphatic heterocycles. The van der Waals surface area contributed by atoms with Crippen molar-refractivity contribution in [3.8, 4) is 0 Å². The number of anilines is 1. The summed E-state index contributed by atoms with van der Waals surface area (Å²) in [7, 11) is 0. The Labute approximate surface area is 158 Å². The number of hydrogen-bond acceptors (Lipinski definition) is 4. The maximum Gasteiger partial charge on any atom is 0.408 e. The number of nitrogens with one attached hydrogen (secondary N) is 2. The van der Waals surface area contributed by atoms with Gasteiger partial charge in [-0.15, -0.1) is 0 Å². The predicted octanol–water partition coefficient (Wildman–Crippen LogP) is 3.77. The lowest BCUT2D eigenvalue weighted by Crippen LogP contribution is -2.44. The summed E-state index contributed by atoms with van der Waals surface area (Å²) in [5.41, 5.74) is 0.629. The van der Waals surface area contributed by atoms with Crippen LogP contribution in [0.2, 0.25) is 0 Å². The Bertz CT molecular complexity index is 826. The normalized spacial score (nSPS) is 12.0. The minimum absolute atomic E-state index is 0.195. The van der Waals surface area contributed by atoms with Crippen molar-refractivity contribution in [1.29, 1.82) is 0 Å². The second-order valence-electron chi connectivity index (χ2n) is 7.10. The number of amides is 2. The maximum absolute atomic E-state index is 12.7. The van der Waals surface area contributed by atoms with Gasteiger partial charge in [-0.2, -0.15) is 0 Å². The van der Waals surface area contributed by atoms with Crippen LogP contribution in [-0.4, -0.2) is 29.4 Å². The number of rotatable bonds is 5. The van der Waals surface area contributed by atoms with E-state index in [1.54, 1.807) is 76.2 Å². The molecular formula is C21H24N2O4. The molecule has 6 nitrogen and oxygen atoms in total. The first kappa shape index (κ1) is 20.2. The van der Waals surface area contributed by atoms with Gasteiger partial charge in [0.25, 0.3) is 0 Å². The van der Waals surface area contributed by atoms with E-state index in [0.717, 1.165) is 0 Å². The van der Waals surface area contributed by atoms with E-state index in [1.807, 2.05) is 6.07 Å². The molecule has 2 aromatic carbocycles. The van der Waals surface area contributed by atoms with Gasteiger partial charge >= 0.3 is 6.09 Å². The zero-order chi connectivity index (χ0) is 20.0. The lowest BCUT2D eigenvalue weighted by Gasteiger charge is -2.22. The molecule has 0 spiro atoms. The van der Waals surface area contributed by atoms with E-state index in [4.69, 9.17) is 4.74 Å². The van der Waals surface area contributed by atoms with Gasteiger partial charge in [0.15, 0.2) is 5.78 Å². The number of carbonyl (C=O) groups excluding carboxylic acids is 3. The maximum atomic E-state index is 12.7. The number of carbonyl (C=O) groups is 3. The monoisotopic (exact) mass is 368 g/mol. The van der Waals surface area contributed by atoms with Crippen LogP contribution in [0.25, 0.3) is 0 Å². The molecule has 1 atom stereocenters. The molecule has 6 heteroatoms. The van der Waals surface area contributed by atoms with Gasteiger partial charge in [0, 0.05) is 11.1 Å². The average Bonchev–Trinajstić information content (AvgIpc) is 2.60. The molecule has 2 rings (SSSR count). The number of ether oxygens (including phenoxy) is 1. The van der Waals surface area contributed by atoms with Crippen molar-refractivity contribution in [2.45, 2.75) is 39.3 Å². The first-order chi connectivity index (χ1) is 12.7. The van der Waals surface area contributed by atoms with Gasteiger partial charge in [0.2, 0.25) is 5.91 Å². The largest absolute Gasteiger partial charge is 0.444 e. The molecule has 2 N–H and O–H groups in total. The Kier molecular flexibility index (Phi) is 6.34. The third kappa shape index (κ3) is 5.95. The number of para-hydroxylation sites is 1. The van der Waals surface area contributed by atoms with Gasteiger partial charge in [-0.05, 0) is 39.8 Å². The number of hydrogen-bond donors (Lipinski definition) is 2. The standard InChI is InChI=1S/C21H24N2O4/c1-14(22-20(26)27-21(2,3)4)19(25)23-17-13-9-8-12-16(17)18(24)15-10-6-5-7-11-15/h5-14H,1-4H3,(H,22,26)(H,23,25). The van der Waals surface area contributed by atoms with Crippen molar-refractivity contribution in [1.82, 2.24) is 5.32 Å². The molecule has 2 amide bonds. The SMILES string of the molecule is CC(NC(=O)OC(C)(C)C)C(=O)Nc1ccccc1C(=O)c1ccccc1. The summed E-state index contributed by atoms with van der Waals surface area (Å²) in [5.74, 6) is -0.645. The van der Waals surface area contributed by atoms with Crippen LogP contribution in [0.5, 0.6) is 0 Å². The Morgan fingerprint density at radius 2 is 1.52 bits per heavy atom. The highest BCUT2D eigenvalue weighted by Gasteiger charge is 2.22. The van der Waals surface area contributed by atoms with Crippen molar-refractivity contribution in [2.24, 2.45) is 0 Å². The zero-order valence-corrected chi connectivity index (χ0v) is 15.9. The molecule has 0 bridgehead atoms. The van der Waals surface area contributed by atoms with Crippen molar-refractivity contribution < 1.29 is 19.1 Å². The van der Waals surface area contributed by atoms with E-state index in [-0.39, 0.29) is 5.78 Å². The highest BCUT2D eigenvalue weighted by Crippen LogP contribution is 2.19. The topological polar surface area (TPSA) is 84.5 Å². The lowest BCUT2D eigenvalue weighted by atomic mass is 10.0. The summed E-state index contributed by atoms with van der Waals surface area (Å²) in [6.07, 6.45) is -0.682. The second-order valence-corrected chi connectivity index (χ2v) is 7.10. The molecule has 0 saturated carbocycles. The summed E-state index contributed by atoms with van der Waals surface area (Å²) in [5, 5.41) is 5.18. The van der Waals surface area contributed by atoms with Gasteiger partial charge in [-0.1, -0.05) is 42.5 Å². The Morgan fingerprint density at radius 1 is 0.926 bits per heavy atom. The summed E-state index contributed by atoms with van der Waals surface area (Å²) >= 11 is 0. The van der Waals surface area contributed by atoms with Crippen LogP contribution in [0, 0.1) is 0 Å². The first-order valence-corrected chi connectivity index (χ1v) is 8.66. The first-order valence-electron chi connectivity index (χ1n) is 8.66. The quantitative estimate of drug-likeness (QED) is 0.787. The third-order valence-electron chi connectivity index (χ3n) is 3.59. The Morgan fingerprint density at radius 3 is 2.15 bits per heavy atom. The number of alkyl carbamates (subject to hydrolysis) is 1. The average molecular weight is 368 g/mol. The van der Waals surface area contributed by atoms with E-state index < -0.39 is 23.6 Å². The minimum atomic E-state index is -0.834. The van der Waals surface area contributed by atoms with Crippen LogP contribution < -0.4 is 10.6 Å². The van der Waals surface area contributed by atoms with Gasteiger partial charge in [0.05, 0.1) is 5.69 Å². The minimum Gasteiger partial charge on any atom is -0.444 e. The summed E-state index contributed by atoms with van der Waals surface area (Å²) in [6.45, 7) is 6.76. The van der Waals surface area contributed by atoms with E-state index in [9.17, 15) is 14.4 Å². The van der Waals surface area contributed by atoms with Gasteiger partial charge in [0.1, 0.15) is 11.6 Å². The highest BCUT2D eigenvalue weighted by atomic mass is 16.6. The van der Waals surface area contributed by atoms with Crippen molar-refractivity contribution in [3.05, 3.63) is 65.7 Å². The van der Waals surface area contributed by atoms with Crippen LogP contribution in [-0.2, 0) is 9.53 Å². The molecule has 142 valence electrons. The lowest BCUT2D eigenvalue weighted by molar-refractivity contribution is -0.117. The van der Waals surface area contributed by atoms with Gasteiger partial charge in [-0.3, -0.25) is 9.59 Å². The van der Waals surface area contributed by atoms with Crippen LogP contribution in [0.1, 0.15) is 43.6 Å². The molecule has 0 saturated heterocycles. The Balaban J connectivity index is 2.10. The predicted molar refractivity (Wildman–Crippen MR) is 104 cm³/mol. The molecule has 27 heavy (non-hydrogen) atoms. The van der Waals surface area contributed by atoms with E-state index in [1.165, 1.54) is 0 Å². The third-order valence-corrected chi connectivity index (χ3v) is 3.59. The van der Waals surface area contributed by atoms with Gasteiger partial charge < -0.3 is 15.4 Å². The van der Waals surface area contributed by atoms with Crippen LogP contribution in [0.4, 0.5) is 10.5 Å². The number of benzene rings is 2. The molecule has 0 fully saturated rings. The molecule has 0 aliphatic rings. The molecule has 0 aliphatic carbocycles. The molecule has 0 aromatic heterocycles. The Hall–Kier alpha value is -3.15.